The largest absolute Gasteiger partial charge is 0.322 e. The minimum atomic E-state index is -0.0172. The van der Waals surface area contributed by atoms with Gasteiger partial charge in [-0.1, -0.05) is 30.3 Å². The molecule has 0 aliphatic carbocycles. The maximum Gasteiger partial charge on any atom is 0.321 e. The molecule has 5 nitrogen and oxygen atoms in total. The van der Waals surface area contributed by atoms with Crippen LogP contribution in [0.25, 0.3) is 0 Å². The predicted molar refractivity (Wildman–Crippen MR) is 101 cm³/mol. The Bertz CT molecular complexity index is 709. The zero-order valence-electron chi connectivity index (χ0n) is 15.0. The van der Waals surface area contributed by atoms with Gasteiger partial charge >= 0.3 is 6.03 Å². The fourth-order valence-corrected chi connectivity index (χ4v) is 3.06. The van der Waals surface area contributed by atoms with Crippen LogP contribution in [0.15, 0.2) is 42.6 Å². The van der Waals surface area contributed by atoms with Gasteiger partial charge in [0.25, 0.3) is 0 Å². The number of anilines is 1. The van der Waals surface area contributed by atoms with E-state index in [0.717, 1.165) is 56.1 Å². The number of aromatic nitrogens is 1. The number of amides is 2. The molecule has 1 aromatic carbocycles. The summed E-state index contributed by atoms with van der Waals surface area (Å²) in [5, 5.41) is 3.02. The summed E-state index contributed by atoms with van der Waals surface area (Å²) in [5.74, 6) is 0. The fraction of sp³-hybridized carbons (Fsp3) is 0.400. The van der Waals surface area contributed by atoms with Gasteiger partial charge < -0.3 is 10.2 Å². The SMILES string of the molecule is Cc1cc(NC(=O)N2CCN(CCc3ccccc3)CC2)c(C)cn1. The zero-order valence-corrected chi connectivity index (χ0v) is 15.0. The van der Waals surface area contributed by atoms with E-state index in [0.29, 0.717) is 0 Å². The summed E-state index contributed by atoms with van der Waals surface area (Å²) < 4.78 is 0. The number of rotatable bonds is 4. The second-order valence-electron chi connectivity index (χ2n) is 6.64. The number of carbonyl (C=O) groups is 1. The summed E-state index contributed by atoms with van der Waals surface area (Å²) in [4.78, 5) is 21.1. The number of piperazine rings is 1. The number of aryl methyl sites for hydroxylation is 2. The number of hydrogen-bond acceptors (Lipinski definition) is 3. The van der Waals surface area contributed by atoms with Crippen LogP contribution in [0.1, 0.15) is 16.8 Å². The quantitative estimate of drug-likeness (QED) is 0.932. The van der Waals surface area contributed by atoms with Gasteiger partial charge in [0, 0.05) is 50.3 Å². The maximum absolute atomic E-state index is 12.5. The molecule has 25 heavy (non-hydrogen) atoms. The van der Waals surface area contributed by atoms with Crippen molar-refractivity contribution in [2.75, 3.05) is 38.0 Å². The van der Waals surface area contributed by atoms with Gasteiger partial charge in [-0.15, -0.1) is 0 Å². The van der Waals surface area contributed by atoms with Crippen LogP contribution in [0, 0.1) is 13.8 Å². The zero-order chi connectivity index (χ0) is 17.6. The van der Waals surface area contributed by atoms with Crippen molar-refractivity contribution < 1.29 is 4.79 Å². The lowest BCUT2D eigenvalue weighted by atomic mass is 10.1. The monoisotopic (exact) mass is 338 g/mol. The van der Waals surface area contributed by atoms with E-state index in [-0.39, 0.29) is 6.03 Å². The van der Waals surface area contributed by atoms with Crippen molar-refractivity contribution in [2.24, 2.45) is 0 Å². The van der Waals surface area contributed by atoms with E-state index in [9.17, 15) is 4.79 Å². The molecule has 3 rings (SSSR count). The molecule has 1 saturated heterocycles. The average Bonchev–Trinajstić information content (AvgIpc) is 2.64. The van der Waals surface area contributed by atoms with Crippen molar-refractivity contribution >= 4 is 11.7 Å². The maximum atomic E-state index is 12.5. The summed E-state index contributed by atoms with van der Waals surface area (Å²) >= 11 is 0. The highest BCUT2D eigenvalue weighted by molar-refractivity contribution is 5.90. The van der Waals surface area contributed by atoms with Gasteiger partial charge in [-0.05, 0) is 37.5 Å². The van der Waals surface area contributed by atoms with Crippen molar-refractivity contribution in [1.29, 1.82) is 0 Å². The van der Waals surface area contributed by atoms with E-state index in [2.05, 4.69) is 39.5 Å². The molecule has 0 unspecified atom stereocenters. The van der Waals surface area contributed by atoms with Crippen molar-refractivity contribution in [3.63, 3.8) is 0 Å². The minimum absolute atomic E-state index is 0.0172. The van der Waals surface area contributed by atoms with Crippen LogP contribution in [0.5, 0.6) is 0 Å². The number of urea groups is 1. The molecular formula is C20H26N4O. The number of nitrogens with one attached hydrogen (secondary N) is 1. The summed E-state index contributed by atoms with van der Waals surface area (Å²) in [6.45, 7) is 8.32. The number of carbonyl (C=O) groups excluding carboxylic acids is 1. The first-order chi connectivity index (χ1) is 12.1. The smallest absolute Gasteiger partial charge is 0.321 e. The number of nitrogens with zero attached hydrogens (tertiary/aromatic N) is 3. The van der Waals surface area contributed by atoms with Crippen LogP contribution >= 0.6 is 0 Å². The van der Waals surface area contributed by atoms with Crippen LogP contribution in [-0.2, 0) is 6.42 Å². The van der Waals surface area contributed by atoms with Gasteiger partial charge in [0.2, 0.25) is 0 Å². The second-order valence-corrected chi connectivity index (χ2v) is 6.64. The van der Waals surface area contributed by atoms with Crippen LogP contribution in [-0.4, -0.2) is 53.5 Å². The Morgan fingerprint density at radius 2 is 1.84 bits per heavy atom. The molecule has 1 aromatic heterocycles. The molecule has 2 heterocycles. The van der Waals surface area contributed by atoms with Crippen LogP contribution < -0.4 is 5.32 Å². The lowest BCUT2D eigenvalue weighted by Gasteiger charge is -2.34. The Morgan fingerprint density at radius 3 is 2.56 bits per heavy atom. The van der Waals surface area contributed by atoms with Crippen LogP contribution in [0.2, 0.25) is 0 Å². The number of benzene rings is 1. The van der Waals surface area contributed by atoms with E-state index in [1.807, 2.05) is 30.9 Å². The third kappa shape index (κ3) is 4.79. The molecule has 0 saturated carbocycles. The average molecular weight is 338 g/mol. The van der Waals surface area contributed by atoms with Gasteiger partial charge in [0.1, 0.15) is 0 Å². The molecule has 1 aliphatic heterocycles. The van der Waals surface area contributed by atoms with Gasteiger partial charge in [-0.3, -0.25) is 9.88 Å². The Kier molecular flexibility index (Phi) is 5.66. The summed E-state index contributed by atoms with van der Waals surface area (Å²) in [7, 11) is 0. The Balaban J connectivity index is 1.47. The number of pyridine rings is 1. The van der Waals surface area contributed by atoms with Crippen LogP contribution in [0.3, 0.4) is 0 Å². The van der Waals surface area contributed by atoms with Crippen molar-refractivity contribution in [3.8, 4) is 0 Å². The Morgan fingerprint density at radius 1 is 1.12 bits per heavy atom. The molecule has 0 atom stereocenters. The molecule has 2 aromatic rings. The highest BCUT2D eigenvalue weighted by atomic mass is 16.2. The van der Waals surface area contributed by atoms with Crippen molar-refractivity contribution in [2.45, 2.75) is 20.3 Å². The Hall–Kier alpha value is -2.40. The highest BCUT2D eigenvalue weighted by Gasteiger charge is 2.21. The van der Waals surface area contributed by atoms with E-state index in [1.165, 1.54) is 5.56 Å². The first-order valence-electron chi connectivity index (χ1n) is 8.87. The van der Waals surface area contributed by atoms with Gasteiger partial charge in [-0.25, -0.2) is 4.79 Å². The van der Waals surface area contributed by atoms with Crippen LogP contribution in [0.4, 0.5) is 10.5 Å². The van der Waals surface area contributed by atoms with E-state index >= 15 is 0 Å². The molecule has 132 valence electrons. The molecule has 2 amide bonds. The summed E-state index contributed by atoms with van der Waals surface area (Å²) in [5.41, 5.74) is 4.11. The molecule has 1 aliphatic rings. The highest BCUT2D eigenvalue weighted by Crippen LogP contribution is 2.15. The molecule has 0 spiro atoms. The summed E-state index contributed by atoms with van der Waals surface area (Å²) in [6, 6.07) is 12.5. The lowest BCUT2D eigenvalue weighted by molar-refractivity contribution is 0.148. The molecule has 5 heteroatoms. The molecule has 1 fully saturated rings. The molecule has 0 bridgehead atoms. The third-order valence-electron chi connectivity index (χ3n) is 4.70. The third-order valence-corrected chi connectivity index (χ3v) is 4.70. The predicted octanol–water partition coefficient (Wildman–Crippen LogP) is 3.09. The summed E-state index contributed by atoms with van der Waals surface area (Å²) in [6.07, 6.45) is 2.86. The van der Waals surface area contributed by atoms with E-state index in [1.54, 1.807) is 6.20 Å². The lowest BCUT2D eigenvalue weighted by Crippen LogP contribution is -2.50. The normalized spacial score (nSPS) is 15.2. The number of hydrogen-bond donors (Lipinski definition) is 1. The first-order valence-corrected chi connectivity index (χ1v) is 8.87. The van der Waals surface area contributed by atoms with Gasteiger partial charge in [-0.2, -0.15) is 0 Å². The molecule has 1 N–H and O–H groups in total. The van der Waals surface area contributed by atoms with Gasteiger partial charge in [0.05, 0.1) is 0 Å². The van der Waals surface area contributed by atoms with Crippen molar-refractivity contribution in [3.05, 3.63) is 59.4 Å². The minimum Gasteiger partial charge on any atom is -0.322 e. The molecular weight excluding hydrogens is 312 g/mol. The van der Waals surface area contributed by atoms with E-state index in [4.69, 9.17) is 0 Å². The van der Waals surface area contributed by atoms with E-state index < -0.39 is 0 Å². The Labute approximate surface area is 149 Å². The standard InChI is InChI=1S/C20H26N4O/c1-16-15-21-17(2)14-19(16)22-20(25)24-12-10-23(11-13-24)9-8-18-6-4-3-5-7-18/h3-7,14-15H,8-13H2,1-2H3,(H,21,22,25). The molecule has 0 radical (unpaired) electrons. The van der Waals surface area contributed by atoms with Gasteiger partial charge in [0.15, 0.2) is 0 Å². The topological polar surface area (TPSA) is 48.5 Å². The fourth-order valence-electron chi connectivity index (χ4n) is 3.06. The van der Waals surface area contributed by atoms with Crippen molar-refractivity contribution in [1.82, 2.24) is 14.8 Å². The second kappa shape index (κ2) is 8.12. The first kappa shape index (κ1) is 17.4.